The monoisotopic (exact) mass is 333 g/mol. The number of fused-ring (bicyclic) bond motifs is 1. The van der Waals surface area contributed by atoms with Crippen LogP contribution in [0.3, 0.4) is 0 Å². The first kappa shape index (κ1) is 17.8. The Balaban J connectivity index is 2.25. The van der Waals surface area contributed by atoms with Gasteiger partial charge in [0.2, 0.25) is 0 Å². The Labute approximate surface area is 140 Å². The summed E-state index contributed by atoms with van der Waals surface area (Å²) in [4.78, 5) is 27.9. The van der Waals surface area contributed by atoms with Gasteiger partial charge < -0.3 is 19.6 Å². The van der Waals surface area contributed by atoms with Gasteiger partial charge >= 0.3 is 12.1 Å². The normalized spacial score (nSPS) is 12.9. The summed E-state index contributed by atoms with van der Waals surface area (Å²) in [6.45, 7) is 8.94. The summed E-state index contributed by atoms with van der Waals surface area (Å²) in [6, 6.07) is 2.72. The second-order valence-electron chi connectivity index (χ2n) is 6.82. The Kier molecular flexibility index (Phi) is 4.82. The van der Waals surface area contributed by atoms with Crippen LogP contribution < -0.4 is 5.32 Å². The molecule has 1 atom stereocenters. The van der Waals surface area contributed by atoms with Crippen LogP contribution in [0.15, 0.2) is 18.3 Å². The lowest BCUT2D eigenvalue weighted by molar-refractivity contribution is -0.139. The summed E-state index contributed by atoms with van der Waals surface area (Å²) >= 11 is 0. The molecule has 7 nitrogen and oxygen atoms in total. The van der Waals surface area contributed by atoms with E-state index in [1.807, 2.05) is 36.6 Å². The number of hydrogen-bond acceptors (Lipinski definition) is 4. The Bertz CT molecular complexity index is 774. The topological polar surface area (TPSA) is 92.9 Å². The summed E-state index contributed by atoms with van der Waals surface area (Å²) in [5.41, 5.74) is 2.57. The summed E-state index contributed by atoms with van der Waals surface area (Å²) in [5.74, 6) is -1.12. The van der Waals surface area contributed by atoms with Crippen LogP contribution in [0.25, 0.3) is 5.65 Å². The number of carbonyl (C=O) groups excluding carboxylic acids is 1. The molecule has 2 N–H and O–H groups in total. The lowest BCUT2D eigenvalue weighted by Crippen LogP contribution is -2.45. The molecule has 0 aliphatic carbocycles. The Hall–Kier alpha value is -2.57. The van der Waals surface area contributed by atoms with Crippen molar-refractivity contribution >= 4 is 17.7 Å². The summed E-state index contributed by atoms with van der Waals surface area (Å²) in [7, 11) is 0. The van der Waals surface area contributed by atoms with Crippen molar-refractivity contribution in [1.29, 1.82) is 0 Å². The predicted octanol–water partition coefficient (Wildman–Crippen LogP) is 2.47. The maximum atomic E-state index is 11.9. The fourth-order valence-corrected chi connectivity index (χ4v) is 2.41. The number of amides is 1. The fourth-order valence-electron chi connectivity index (χ4n) is 2.41. The van der Waals surface area contributed by atoms with E-state index in [4.69, 9.17) is 4.74 Å². The minimum Gasteiger partial charge on any atom is -0.480 e. The smallest absolute Gasteiger partial charge is 0.408 e. The first-order valence-electron chi connectivity index (χ1n) is 7.73. The summed E-state index contributed by atoms with van der Waals surface area (Å²) in [6.07, 6.45) is 1.26. The zero-order valence-electron chi connectivity index (χ0n) is 14.6. The maximum absolute atomic E-state index is 11.9. The largest absolute Gasteiger partial charge is 0.480 e. The minimum atomic E-state index is -1.12. The van der Waals surface area contributed by atoms with Crippen molar-refractivity contribution in [2.45, 2.75) is 52.7 Å². The Morgan fingerprint density at radius 1 is 1.33 bits per heavy atom. The highest BCUT2D eigenvalue weighted by atomic mass is 16.6. The molecule has 0 aliphatic rings. The highest BCUT2D eigenvalue weighted by molar-refractivity contribution is 5.80. The highest BCUT2D eigenvalue weighted by Gasteiger charge is 2.26. The molecule has 7 heteroatoms. The van der Waals surface area contributed by atoms with Gasteiger partial charge in [0.25, 0.3) is 0 Å². The van der Waals surface area contributed by atoms with Crippen LogP contribution in [0.1, 0.15) is 37.7 Å². The third-order valence-electron chi connectivity index (χ3n) is 3.45. The summed E-state index contributed by atoms with van der Waals surface area (Å²) in [5, 5.41) is 11.9. The second-order valence-corrected chi connectivity index (χ2v) is 6.82. The van der Waals surface area contributed by atoms with E-state index in [-0.39, 0.29) is 6.42 Å². The molecule has 2 aromatic heterocycles. The van der Waals surface area contributed by atoms with E-state index in [1.165, 1.54) is 0 Å². The van der Waals surface area contributed by atoms with Crippen LogP contribution in [0.2, 0.25) is 0 Å². The zero-order chi connectivity index (χ0) is 18.1. The number of nitrogens with zero attached hydrogens (tertiary/aromatic N) is 2. The van der Waals surface area contributed by atoms with E-state index in [0.717, 1.165) is 22.6 Å². The van der Waals surface area contributed by atoms with Crippen molar-refractivity contribution in [3.63, 3.8) is 0 Å². The van der Waals surface area contributed by atoms with Crippen molar-refractivity contribution in [3.8, 4) is 0 Å². The number of hydrogen-bond donors (Lipinski definition) is 2. The molecule has 24 heavy (non-hydrogen) atoms. The number of carboxylic acid groups (broad SMARTS) is 1. The lowest BCUT2D eigenvalue weighted by Gasteiger charge is -2.22. The number of aromatic nitrogens is 2. The number of rotatable bonds is 4. The molecule has 1 amide bonds. The SMILES string of the molecule is Cc1ccc2nc(C)c(CC(NC(=O)OC(C)(C)C)C(=O)O)n2c1. The molecule has 0 saturated carbocycles. The molecule has 0 radical (unpaired) electrons. The van der Waals surface area contributed by atoms with Gasteiger partial charge in [-0.05, 0) is 46.2 Å². The molecule has 2 rings (SSSR count). The fraction of sp³-hybridized carbons (Fsp3) is 0.471. The number of alkyl carbamates (subject to hydrolysis) is 1. The van der Waals surface area contributed by atoms with E-state index < -0.39 is 23.7 Å². The van der Waals surface area contributed by atoms with Gasteiger partial charge in [-0.1, -0.05) is 6.07 Å². The maximum Gasteiger partial charge on any atom is 0.408 e. The number of imidazole rings is 1. The van der Waals surface area contributed by atoms with Crippen molar-refractivity contribution in [1.82, 2.24) is 14.7 Å². The summed E-state index contributed by atoms with van der Waals surface area (Å²) < 4.78 is 7.00. The average Bonchev–Trinajstić information content (AvgIpc) is 2.72. The number of pyridine rings is 1. The molecule has 0 aliphatic heterocycles. The van der Waals surface area contributed by atoms with Crippen LogP contribution in [0.5, 0.6) is 0 Å². The standard InChI is InChI=1S/C17H23N3O4/c1-10-6-7-14-18-11(2)13(20(14)9-10)8-12(15(21)22)19-16(23)24-17(3,4)5/h6-7,9,12H,8H2,1-5H3,(H,19,23)(H,21,22). The zero-order valence-corrected chi connectivity index (χ0v) is 14.6. The molecule has 1 unspecified atom stereocenters. The molecular formula is C17H23N3O4. The van der Waals surface area contributed by atoms with E-state index in [2.05, 4.69) is 10.3 Å². The number of ether oxygens (including phenoxy) is 1. The van der Waals surface area contributed by atoms with Crippen molar-refractivity contribution in [3.05, 3.63) is 35.3 Å². The van der Waals surface area contributed by atoms with Gasteiger partial charge in [-0.3, -0.25) is 0 Å². The van der Waals surface area contributed by atoms with Gasteiger partial charge in [-0.25, -0.2) is 14.6 Å². The van der Waals surface area contributed by atoms with Gasteiger partial charge in [0.1, 0.15) is 17.3 Å². The number of aliphatic carboxylic acids is 1. The number of nitrogens with one attached hydrogen (secondary N) is 1. The number of aryl methyl sites for hydroxylation is 2. The van der Waals surface area contributed by atoms with Crippen LogP contribution in [-0.4, -0.2) is 38.2 Å². The van der Waals surface area contributed by atoms with Crippen LogP contribution in [0, 0.1) is 13.8 Å². The lowest BCUT2D eigenvalue weighted by atomic mass is 10.1. The van der Waals surface area contributed by atoms with Crippen molar-refractivity contribution in [2.75, 3.05) is 0 Å². The third kappa shape index (κ3) is 4.24. The Morgan fingerprint density at radius 3 is 2.58 bits per heavy atom. The van der Waals surface area contributed by atoms with Gasteiger partial charge in [0.05, 0.1) is 5.69 Å². The van der Waals surface area contributed by atoms with Crippen molar-refractivity contribution < 1.29 is 19.4 Å². The van der Waals surface area contributed by atoms with Crippen LogP contribution in [-0.2, 0) is 16.0 Å². The molecule has 0 spiro atoms. The second kappa shape index (κ2) is 6.51. The van der Waals surface area contributed by atoms with Crippen LogP contribution in [0.4, 0.5) is 4.79 Å². The molecule has 0 saturated heterocycles. The molecule has 0 aromatic carbocycles. The minimum absolute atomic E-state index is 0.116. The molecular weight excluding hydrogens is 310 g/mol. The average molecular weight is 333 g/mol. The molecule has 130 valence electrons. The quantitative estimate of drug-likeness (QED) is 0.896. The predicted molar refractivity (Wildman–Crippen MR) is 89.2 cm³/mol. The first-order chi connectivity index (χ1) is 11.1. The van der Waals surface area contributed by atoms with Crippen LogP contribution >= 0.6 is 0 Å². The highest BCUT2D eigenvalue weighted by Crippen LogP contribution is 2.16. The molecule has 2 aromatic rings. The van der Waals surface area contributed by atoms with Gasteiger partial charge in [-0.15, -0.1) is 0 Å². The molecule has 2 heterocycles. The number of carbonyl (C=O) groups is 2. The van der Waals surface area contributed by atoms with Crippen molar-refractivity contribution in [2.24, 2.45) is 0 Å². The Morgan fingerprint density at radius 2 is 2.00 bits per heavy atom. The van der Waals surface area contributed by atoms with E-state index in [0.29, 0.717) is 0 Å². The van der Waals surface area contributed by atoms with Gasteiger partial charge in [0.15, 0.2) is 0 Å². The van der Waals surface area contributed by atoms with E-state index in [9.17, 15) is 14.7 Å². The van der Waals surface area contributed by atoms with E-state index in [1.54, 1.807) is 20.8 Å². The van der Waals surface area contributed by atoms with Gasteiger partial charge in [-0.2, -0.15) is 0 Å². The molecule has 0 fully saturated rings. The third-order valence-corrected chi connectivity index (χ3v) is 3.45. The molecule has 0 bridgehead atoms. The van der Waals surface area contributed by atoms with E-state index >= 15 is 0 Å². The number of carboxylic acids is 1. The van der Waals surface area contributed by atoms with Gasteiger partial charge in [0, 0.05) is 18.3 Å². The first-order valence-corrected chi connectivity index (χ1v) is 7.73.